The lowest BCUT2D eigenvalue weighted by Gasteiger charge is -2.12. The van der Waals surface area contributed by atoms with E-state index in [2.05, 4.69) is 5.32 Å². The summed E-state index contributed by atoms with van der Waals surface area (Å²) in [7, 11) is 3.90. The minimum Gasteiger partial charge on any atom is -0.490 e. The normalized spacial score (nSPS) is 10.2. The third-order valence-corrected chi connectivity index (χ3v) is 3.35. The van der Waals surface area contributed by atoms with Crippen molar-refractivity contribution >= 4 is 11.6 Å². The van der Waals surface area contributed by atoms with E-state index < -0.39 is 0 Å². The van der Waals surface area contributed by atoms with E-state index in [4.69, 9.17) is 4.74 Å². The standard InChI is InChI=1S/C18H21FN2O2/c1-21(2)15-10-8-14(9-11-15)18(22)20-12-5-13-23-17-7-4-3-6-16(17)19/h3-4,6-11H,5,12-13H2,1-2H3,(H,20,22). The lowest BCUT2D eigenvalue weighted by molar-refractivity contribution is 0.0951. The number of halogens is 1. The smallest absolute Gasteiger partial charge is 0.251 e. The molecule has 2 aromatic rings. The number of benzene rings is 2. The van der Waals surface area contributed by atoms with Crippen LogP contribution >= 0.6 is 0 Å². The van der Waals surface area contributed by atoms with Crippen LogP contribution in [0.4, 0.5) is 10.1 Å². The summed E-state index contributed by atoms with van der Waals surface area (Å²) >= 11 is 0. The first-order valence-corrected chi connectivity index (χ1v) is 7.51. The van der Waals surface area contributed by atoms with E-state index >= 15 is 0 Å². The molecule has 1 N–H and O–H groups in total. The number of para-hydroxylation sites is 1. The maximum absolute atomic E-state index is 13.3. The van der Waals surface area contributed by atoms with Crippen molar-refractivity contribution in [3.05, 3.63) is 59.9 Å². The second kappa shape index (κ2) is 8.17. The van der Waals surface area contributed by atoms with Crippen molar-refractivity contribution in [1.82, 2.24) is 5.32 Å². The van der Waals surface area contributed by atoms with Gasteiger partial charge in [0.05, 0.1) is 6.61 Å². The van der Waals surface area contributed by atoms with Gasteiger partial charge in [-0.3, -0.25) is 4.79 Å². The highest BCUT2D eigenvalue weighted by Gasteiger charge is 2.05. The van der Waals surface area contributed by atoms with E-state index in [-0.39, 0.29) is 17.5 Å². The van der Waals surface area contributed by atoms with Crippen LogP contribution in [0.2, 0.25) is 0 Å². The van der Waals surface area contributed by atoms with Crippen molar-refractivity contribution in [2.24, 2.45) is 0 Å². The first-order valence-electron chi connectivity index (χ1n) is 7.51. The average Bonchev–Trinajstić information content (AvgIpc) is 2.56. The second-order valence-corrected chi connectivity index (χ2v) is 5.33. The van der Waals surface area contributed by atoms with E-state index in [0.29, 0.717) is 25.1 Å². The lowest BCUT2D eigenvalue weighted by atomic mass is 10.2. The summed E-state index contributed by atoms with van der Waals surface area (Å²) in [5.74, 6) is -0.267. The minimum absolute atomic E-state index is 0.124. The fourth-order valence-electron chi connectivity index (χ4n) is 2.03. The number of ether oxygens (including phenoxy) is 1. The van der Waals surface area contributed by atoms with Crippen LogP contribution in [0, 0.1) is 5.82 Å². The summed E-state index contributed by atoms with van der Waals surface area (Å²) in [5.41, 5.74) is 1.66. The molecule has 0 aliphatic carbocycles. The molecule has 0 atom stereocenters. The topological polar surface area (TPSA) is 41.6 Å². The van der Waals surface area contributed by atoms with Crippen LogP contribution < -0.4 is 15.0 Å². The zero-order chi connectivity index (χ0) is 16.7. The molecule has 0 aliphatic heterocycles. The summed E-state index contributed by atoms with van der Waals surface area (Å²) in [4.78, 5) is 14.0. The Morgan fingerprint density at radius 3 is 2.48 bits per heavy atom. The van der Waals surface area contributed by atoms with Crippen LogP contribution in [0.3, 0.4) is 0 Å². The fourth-order valence-corrected chi connectivity index (χ4v) is 2.03. The van der Waals surface area contributed by atoms with Gasteiger partial charge in [-0.25, -0.2) is 4.39 Å². The van der Waals surface area contributed by atoms with Gasteiger partial charge >= 0.3 is 0 Å². The Morgan fingerprint density at radius 1 is 1.13 bits per heavy atom. The molecule has 0 saturated heterocycles. The van der Waals surface area contributed by atoms with Gasteiger partial charge in [-0.15, -0.1) is 0 Å². The maximum atomic E-state index is 13.3. The molecule has 0 bridgehead atoms. The van der Waals surface area contributed by atoms with Gasteiger partial charge in [0.25, 0.3) is 5.91 Å². The molecule has 5 heteroatoms. The monoisotopic (exact) mass is 316 g/mol. The molecule has 0 saturated carbocycles. The van der Waals surface area contributed by atoms with Gasteiger partial charge in [-0.05, 0) is 42.8 Å². The molecule has 4 nitrogen and oxygen atoms in total. The number of anilines is 1. The number of nitrogens with zero attached hydrogens (tertiary/aromatic N) is 1. The van der Waals surface area contributed by atoms with Crippen molar-refractivity contribution in [3.8, 4) is 5.75 Å². The van der Waals surface area contributed by atoms with E-state index in [9.17, 15) is 9.18 Å². The van der Waals surface area contributed by atoms with Crippen LogP contribution in [0.5, 0.6) is 5.75 Å². The van der Waals surface area contributed by atoms with E-state index in [0.717, 1.165) is 5.69 Å². The molecular weight excluding hydrogens is 295 g/mol. The SMILES string of the molecule is CN(C)c1ccc(C(=O)NCCCOc2ccccc2F)cc1. The third kappa shape index (κ3) is 4.98. The van der Waals surface area contributed by atoms with Crippen LogP contribution in [0.15, 0.2) is 48.5 Å². The van der Waals surface area contributed by atoms with E-state index in [1.54, 1.807) is 30.3 Å². The highest BCUT2D eigenvalue weighted by atomic mass is 19.1. The van der Waals surface area contributed by atoms with Crippen LogP contribution in [-0.4, -0.2) is 33.2 Å². The second-order valence-electron chi connectivity index (χ2n) is 5.33. The molecular formula is C18H21FN2O2. The van der Waals surface area contributed by atoms with Gasteiger partial charge in [0.15, 0.2) is 11.6 Å². The predicted molar refractivity (Wildman–Crippen MR) is 89.6 cm³/mol. The number of carbonyl (C=O) groups excluding carboxylic acids is 1. The highest BCUT2D eigenvalue weighted by Crippen LogP contribution is 2.15. The van der Waals surface area contributed by atoms with Crippen molar-refractivity contribution in [2.45, 2.75) is 6.42 Å². The first kappa shape index (κ1) is 16.8. The van der Waals surface area contributed by atoms with Gasteiger partial charge < -0.3 is 15.0 Å². The van der Waals surface area contributed by atoms with Crippen LogP contribution in [0.25, 0.3) is 0 Å². The van der Waals surface area contributed by atoms with Gasteiger partial charge in [0, 0.05) is 31.9 Å². The molecule has 23 heavy (non-hydrogen) atoms. The number of hydrogen-bond acceptors (Lipinski definition) is 3. The molecule has 0 unspecified atom stereocenters. The summed E-state index contributed by atoms with van der Waals surface area (Å²) in [6.07, 6.45) is 0.607. The summed E-state index contributed by atoms with van der Waals surface area (Å²) in [5, 5.41) is 2.82. The number of hydrogen-bond donors (Lipinski definition) is 1. The van der Waals surface area contributed by atoms with Crippen molar-refractivity contribution < 1.29 is 13.9 Å². The third-order valence-electron chi connectivity index (χ3n) is 3.35. The van der Waals surface area contributed by atoms with Crippen molar-refractivity contribution in [1.29, 1.82) is 0 Å². The number of amides is 1. The number of rotatable bonds is 7. The lowest BCUT2D eigenvalue weighted by Crippen LogP contribution is -2.25. The Hall–Kier alpha value is -2.56. The average molecular weight is 316 g/mol. The molecule has 0 radical (unpaired) electrons. The van der Waals surface area contributed by atoms with Gasteiger partial charge in [-0.1, -0.05) is 12.1 Å². The van der Waals surface area contributed by atoms with Gasteiger partial charge in [-0.2, -0.15) is 0 Å². The van der Waals surface area contributed by atoms with Gasteiger partial charge in [0.1, 0.15) is 0 Å². The van der Waals surface area contributed by atoms with Crippen molar-refractivity contribution in [2.75, 3.05) is 32.1 Å². The predicted octanol–water partition coefficient (Wildman–Crippen LogP) is 3.09. The van der Waals surface area contributed by atoms with Gasteiger partial charge in [0.2, 0.25) is 0 Å². The molecule has 0 aromatic heterocycles. The Morgan fingerprint density at radius 2 is 1.83 bits per heavy atom. The molecule has 122 valence electrons. The summed E-state index contributed by atoms with van der Waals surface area (Å²) in [6, 6.07) is 13.7. The van der Waals surface area contributed by atoms with E-state index in [1.165, 1.54) is 6.07 Å². The molecule has 2 aromatic carbocycles. The Kier molecular flexibility index (Phi) is 5.97. The van der Waals surface area contributed by atoms with E-state index in [1.807, 2.05) is 31.1 Å². The minimum atomic E-state index is -0.377. The molecule has 0 fully saturated rings. The molecule has 0 heterocycles. The Bertz CT molecular complexity index is 642. The Balaban J connectivity index is 1.71. The first-order chi connectivity index (χ1) is 11.1. The van der Waals surface area contributed by atoms with Crippen molar-refractivity contribution in [3.63, 3.8) is 0 Å². The zero-order valence-electron chi connectivity index (χ0n) is 13.4. The summed E-state index contributed by atoms with van der Waals surface area (Å²) < 4.78 is 18.7. The van der Waals surface area contributed by atoms with Crippen LogP contribution in [0.1, 0.15) is 16.8 Å². The molecule has 0 aliphatic rings. The maximum Gasteiger partial charge on any atom is 0.251 e. The summed E-state index contributed by atoms with van der Waals surface area (Å²) in [6.45, 7) is 0.823. The fraction of sp³-hybridized carbons (Fsp3) is 0.278. The number of nitrogens with one attached hydrogen (secondary N) is 1. The largest absolute Gasteiger partial charge is 0.490 e. The highest BCUT2D eigenvalue weighted by molar-refractivity contribution is 5.94. The van der Waals surface area contributed by atoms with Crippen LogP contribution in [-0.2, 0) is 0 Å². The molecule has 0 spiro atoms. The zero-order valence-corrected chi connectivity index (χ0v) is 13.4. The Labute approximate surface area is 135 Å². The quantitative estimate of drug-likeness (QED) is 0.798. The number of carbonyl (C=O) groups is 1. The molecule has 2 rings (SSSR count). The molecule has 1 amide bonds.